The molecule has 4 rings (SSSR count). The molecule has 0 aliphatic carbocycles. The van der Waals surface area contributed by atoms with Gasteiger partial charge in [-0.25, -0.2) is 0 Å². The van der Waals surface area contributed by atoms with E-state index in [1.165, 1.54) is 11.3 Å². The average molecular weight is 392 g/mol. The number of ether oxygens (including phenoxy) is 1. The highest BCUT2D eigenvalue weighted by Gasteiger charge is 2.24. The molecule has 6 heteroatoms. The second kappa shape index (κ2) is 7.86. The van der Waals surface area contributed by atoms with E-state index in [0.29, 0.717) is 17.9 Å². The number of nitrogens with zero attached hydrogens (tertiary/aromatic N) is 1. The normalized spacial score (nSPS) is 13.0. The van der Waals surface area contributed by atoms with E-state index in [-0.39, 0.29) is 11.8 Å². The molecule has 0 saturated carbocycles. The summed E-state index contributed by atoms with van der Waals surface area (Å²) in [7, 11) is 1.59. The van der Waals surface area contributed by atoms with Gasteiger partial charge in [0.25, 0.3) is 11.8 Å². The van der Waals surface area contributed by atoms with Crippen molar-refractivity contribution < 1.29 is 14.3 Å². The van der Waals surface area contributed by atoms with Crippen molar-refractivity contribution in [1.29, 1.82) is 0 Å². The summed E-state index contributed by atoms with van der Waals surface area (Å²) in [6.07, 6.45) is 1.79. The summed E-state index contributed by atoms with van der Waals surface area (Å²) in [6.45, 7) is 0.710. The maximum absolute atomic E-state index is 12.8. The lowest BCUT2D eigenvalue weighted by molar-refractivity contribution is 0.0987. The Morgan fingerprint density at radius 2 is 1.93 bits per heavy atom. The number of hydrogen-bond donors (Lipinski definition) is 1. The molecule has 0 saturated heterocycles. The third-order valence-electron chi connectivity index (χ3n) is 4.79. The second-order valence-electron chi connectivity index (χ2n) is 6.56. The molecule has 3 aromatic rings. The number of nitrogens with one attached hydrogen (secondary N) is 1. The van der Waals surface area contributed by atoms with Crippen LogP contribution < -0.4 is 15.0 Å². The fourth-order valence-electron chi connectivity index (χ4n) is 3.36. The lowest BCUT2D eigenvalue weighted by Crippen LogP contribution is -2.35. The van der Waals surface area contributed by atoms with Crippen LogP contribution in [0.15, 0.2) is 60.0 Å². The summed E-state index contributed by atoms with van der Waals surface area (Å²) in [5, 5.41) is 4.85. The van der Waals surface area contributed by atoms with E-state index in [9.17, 15) is 9.59 Å². The molecular formula is C22H20N2O3S. The van der Waals surface area contributed by atoms with Gasteiger partial charge >= 0.3 is 0 Å². The first-order valence-electron chi connectivity index (χ1n) is 9.09. The minimum atomic E-state index is -0.176. The average Bonchev–Trinajstić information content (AvgIpc) is 3.27. The summed E-state index contributed by atoms with van der Waals surface area (Å²) in [5.74, 6) is 0.566. The summed E-state index contributed by atoms with van der Waals surface area (Å²) in [6, 6.07) is 16.5. The number of hydrogen-bond acceptors (Lipinski definition) is 4. The van der Waals surface area contributed by atoms with Crippen LogP contribution in [0.4, 0.5) is 11.4 Å². The first kappa shape index (κ1) is 18.3. The quantitative estimate of drug-likeness (QED) is 0.706. The molecule has 5 nitrogen and oxygen atoms in total. The van der Waals surface area contributed by atoms with Crippen molar-refractivity contribution in [2.75, 3.05) is 23.9 Å². The van der Waals surface area contributed by atoms with Crippen molar-refractivity contribution in [2.24, 2.45) is 0 Å². The van der Waals surface area contributed by atoms with Gasteiger partial charge in [-0.1, -0.05) is 6.07 Å². The van der Waals surface area contributed by atoms with Crippen LogP contribution in [0.5, 0.6) is 5.75 Å². The highest BCUT2D eigenvalue weighted by atomic mass is 32.1. The maximum atomic E-state index is 12.8. The van der Waals surface area contributed by atoms with Gasteiger partial charge in [0.05, 0.1) is 12.0 Å². The second-order valence-corrected chi connectivity index (χ2v) is 7.51. The summed E-state index contributed by atoms with van der Waals surface area (Å²) in [4.78, 5) is 27.8. The first-order chi connectivity index (χ1) is 13.7. The van der Waals surface area contributed by atoms with E-state index in [4.69, 9.17) is 4.74 Å². The van der Waals surface area contributed by atoms with Gasteiger partial charge < -0.3 is 15.0 Å². The number of methoxy groups -OCH3 is 1. The largest absolute Gasteiger partial charge is 0.497 e. The topological polar surface area (TPSA) is 58.6 Å². The molecule has 0 atom stereocenters. The molecule has 0 unspecified atom stereocenters. The number of benzene rings is 2. The Balaban J connectivity index is 1.53. The summed E-state index contributed by atoms with van der Waals surface area (Å²) in [5.41, 5.74) is 3.29. The van der Waals surface area contributed by atoms with Crippen molar-refractivity contribution in [2.45, 2.75) is 12.8 Å². The van der Waals surface area contributed by atoms with Crippen LogP contribution >= 0.6 is 11.3 Å². The first-order valence-corrected chi connectivity index (χ1v) is 9.97. The summed E-state index contributed by atoms with van der Waals surface area (Å²) < 4.78 is 5.12. The molecule has 1 aromatic heterocycles. The highest BCUT2D eigenvalue weighted by molar-refractivity contribution is 7.12. The number of fused-ring (bicyclic) bond motifs is 1. The fraction of sp³-hybridized carbons (Fsp3) is 0.182. The van der Waals surface area contributed by atoms with Crippen molar-refractivity contribution in [3.8, 4) is 5.75 Å². The van der Waals surface area contributed by atoms with Gasteiger partial charge in [-0.3, -0.25) is 9.59 Å². The minimum Gasteiger partial charge on any atom is -0.497 e. The number of aryl methyl sites for hydroxylation is 1. The predicted molar refractivity (Wildman–Crippen MR) is 112 cm³/mol. The molecule has 28 heavy (non-hydrogen) atoms. The summed E-state index contributed by atoms with van der Waals surface area (Å²) >= 11 is 1.45. The van der Waals surface area contributed by atoms with Crippen LogP contribution in [-0.4, -0.2) is 25.5 Å². The van der Waals surface area contributed by atoms with Gasteiger partial charge in [0, 0.05) is 23.5 Å². The predicted octanol–water partition coefficient (Wildman–Crippen LogP) is 4.60. The zero-order chi connectivity index (χ0) is 19.5. The SMILES string of the molecule is COc1ccc(C(=O)Nc2ccc3c(c2)CCCN3C(=O)c2cccs2)cc1. The zero-order valence-corrected chi connectivity index (χ0v) is 16.3. The third-order valence-corrected chi connectivity index (χ3v) is 5.64. The van der Waals surface area contributed by atoms with Crippen LogP contribution in [0.2, 0.25) is 0 Å². The van der Waals surface area contributed by atoms with Gasteiger partial charge in [0.2, 0.25) is 0 Å². The minimum absolute atomic E-state index is 0.0333. The fourth-order valence-corrected chi connectivity index (χ4v) is 4.04. The molecule has 1 aliphatic rings. The number of thiophene rings is 1. The van der Waals surface area contributed by atoms with Gasteiger partial charge in [-0.05, 0) is 72.3 Å². The Hall–Kier alpha value is -3.12. The van der Waals surface area contributed by atoms with Gasteiger partial charge in [0.15, 0.2) is 0 Å². The molecule has 0 fully saturated rings. The Morgan fingerprint density at radius 3 is 2.64 bits per heavy atom. The number of carbonyl (C=O) groups is 2. The van der Waals surface area contributed by atoms with Crippen LogP contribution in [0.25, 0.3) is 0 Å². The molecule has 2 aromatic carbocycles. The van der Waals surface area contributed by atoms with Crippen molar-refractivity contribution in [3.05, 3.63) is 76.0 Å². The number of rotatable bonds is 4. The Kier molecular flexibility index (Phi) is 5.12. The lowest BCUT2D eigenvalue weighted by atomic mass is 10.0. The van der Waals surface area contributed by atoms with E-state index in [2.05, 4.69) is 5.32 Å². The van der Waals surface area contributed by atoms with Crippen LogP contribution in [0, 0.1) is 0 Å². The maximum Gasteiger partial charge on any atom is 0.268 e. The third kappa shape index (κ3) is 3.64. The van der Waals surface area contributed by atoms with Crippen molar-refractivity contribution >= 4 is 34.5 Å². The Bertz CT molecular complexity index is 997. The van der Waals surface area contributed by atoms with Crippen molar-refractivity contribution in [3.63, 3.8) is 0 Å². The van der Waals surface area contributed by atoms with E-state index >= 15 is 0 Å². The Labute approximate surface area is 167 Å². The van der Waals surface area contributed by atoms with E-state index in [1.54, 1.807) is 31.4 Å². The standard InChI is InChI=1S/C22H20N2O3S/c1-27-18-9-6-15(7-10-18)21(25)23-17-8-11-19-16(14-17)4-2-12-24(19)22(26)20-5-3-13-28-20/h3,5-11,13-14H,2,4,12H2,1H3,(H,23,25). The van der Waals surface area contributed by atoms with E-state index in [0.717, 1.165) is 34.7 Å². The van der Waals surface area contributed by atoms with Gasteiger partial charge in [-0.2, -0.15) is 0 Å². The highest BCUT2D eigenvalue weighted by Crippen LogP contribution is 2.31. The zero-order valence-electron chi connectivity index (χ0n) is 15.5. The van der Waals surface area contributed by atoms with Crippen LogP contribution in [0.1, 0.15) is 32.0 Å². The van der Waals surface area contributed by atoms with E-state index < -0.39 is 0 Å². The van der Waals surface area contributed by atoms with Crippen LogP contribution in [-0.2, 0) is 6.42 Å². The number of amides is 2. The van der Waals surface area contributed by atoms with Crippen molar-refractivity contribution in [1.82, 2.24) is 0 Å². The molecular weight excluding hydrogens is 372 g/mol. The smallest absolute Gasteiger partial charge is 0.268 e. The lowest BCUT2D eigenvalue weighted by Gasteiger charge is -2.29. The van der Waals surface area contributed by atoms with Gasteiger partial charge in [-0.15, -0.1) is 11.3 Å². The molecule has 142 valence electrons. The molecule has 0 spiro atoms. The molecule has 0 bridgehead atoms. The van der Waals surface area contributed by atoms with E-state index in [1.807, 2.05) is 40.6 Å². The van der Waals surface area contributed by atoms with Crippen LogP contribution in [0.3, 0.4) is 0 Å². The monoisotopic (exact) mass is 392 g/mol. The number of anilines is 2. The molecule has 1 N–H and O–H groups in total. The molecule has 1 aliphatic heterocycles. The molecule has 0 radical (unpaired) electrons. The molecule has 2 heterocycles. The Morgan fingerprint density at radius 1 is 1.11 bits per heavy atom. The molecule has 2 amide bonds. The van der Waals surface area contributed by atoms with Gasteiger partial charge in [0.1, 0.15) is 5.75 Å². The number of carbonyl (C=O) groups excluding carboxylic acids is 2.